The van der Waals surface area contributed by atoms with Gasteiger partial charge in [-0.05, 0) is 25.1 Å². The number of aliphatic hydroxyl groups excluding tert-OH is 1. The molecule has 4 nitrogen and oxygen atoms in total. The van der Waals surface area contributed by atoms with E-state index in [-0.39, 0.29) is 5.92 Å². The number of hydrogen-bond donors (Lipinski definition) is 1. The van der Waals surface area contributed by atoms with E-state index >= 15 is 0 Å². The van der Waals surface area contributed by atoms with Gasteiger partial charge in [-0.25, -0.2) is 4.79 Å². The van der Waals surface area contributed by atoms with Crippen molar-refractivity contribution in [3.63, 3.8) is 0 Å². The Labute approximate surface area is 117 Å². The van der Waals surface area contributed by atoms with E-state index < -0.39 is 20.4 Å². The third-order valence-electron chi connectivity index (χ3n) is 3.53. The van der Waals surface area contributed by atoms with Crippen LogP contribution in [0.1, 0.15) is 27.2 Å². The molecule has 0 unspecified atom stereocenters. The fraction of sp³-hybridized carbons (Fsp3) is 0.786. The van der Waals surface area contributed by atoms with Gasteiger partial charge < -0.3 is 14.3 Å². The summed E-state index contributed by atoms with van der Waals surface area (Å²) < 4.78 is 10.4. The molecule has 0 saturated carbocycles. The highest BCUT2D eigenvalue weighted by atomic mass is 28.4. The normalized spacial score (nSPS) is 15.8. The molecule has 0 aromatic rings. The zero-order valence-corrected chi connectivity index (χ0v) is 14.0. The molecule has 0 radical (unpaired) electrons. The molecule has 0 spiro atoms. The molecule has 0 heterocycles. The van der Waals surface area contributed by atoms with Gasteiger partial charge in [-0.1, -0.05) is 32.9 Å². The highest BCUT2D eigenvalue weighted by Crippen LogP contribution is 2.21. The summed E-state index contributed by atoms with van der Waals surface area (Å²) in [4.78, 5) is 11.1. The van der Waals surface area contributed by atoms with E-state index in [9.17, 15) is 9.90 Å². The number of aliphatic hydroxyl groups is 1. The van der Waals surface area contributed by atoms with Crippen molar-refractivity contribution in [2.75, 3.05) is 13.7 Å². The smallest absolute Gasteiger partial charge is 0.335 e. The van der Waals surface area contributed by atoms with Gasteiger partial charge in [0.2, 0.25) is 0 Å². The first kappa shape index (κ1) is 18.3. The molecule has 0 bridgehead atoms. The molecule has 0 aliphatic rings. The third-order valence-corrected chi connectivity index (χ3v) is 7.26. The van der Waals surface area contributed by atoms with E-state index in [0.29, 0.717) is 12.1 Å². The van der Waals surface area contributed by atoms with E-state index in [2.05, 4.69) is 31.7 Å². The molecule has 0 aromatic heterocycles. The first-order valence-corrected chi connectivity index (χ1v) is 9.77. The van der Waals surface area contributed by atoms with Crippen molar-refractivity contribution in [3.05, 3.63) is 12.2 Å². The Morgan fingerprint density at radius 3 is 2.37 bits per heavy atom. The van der Waals surface area contributed by atoms with Gasteiger partial charge in [0.25, 0.3) is 0 Å². The summed E-state index contributed by atoms with van der Waals surface area (Å²) >= 11 is 0. The maximum absolute atomic E-state index is 11.1. The Kier molecular flexibility index (Phi) is 8.21. The number of rotatable bonds is 8. The lowest BCUT2D eigenvalue weighted by Crippen LogP contribution is -2.34. The summed E-state index contributed by atoms with van der Waals surface area (Å²) in [5.41, 5.74) is 0.594. The average molecular weight is 288 g/mol. The van der Waals surface area contributed by atoms with Crippen LogP contribution in [-0.4, -0.2) is 39.2 Å². The van der Waals surface area contributed by atoms with Crippen molar-refractivity contribution < 1.29 is 19.1 Å². The van der Waals surface area contributed by atoms with Crippen LogP contribution in [0.2, 0.25) is 18.6 Å². The number of esters is 1. The fourth-order valence-electron chi connectivity index (χ4n) is 1.31. The van der Waals surface area contributed by atoms with Gasteiger partial charge in [0.15, 0.2) is 14.4 Å². The first-order chi connectivity index (χ1) is 8.72. The molecule has 0 rings (SSSR count). The Hall–Kier alpha value is -0.653. The Morgan fingerprint density at radius 1 is 1.32 bits per heavy atom. The predicted molar refractivity (Wildman–Crippen MR) is 79.5 cm³/mol. The van der Waals surface area contributed by atoms with Crippen molar-refractivity contribution in [3.8, 4) is 0 Å². The monoisotopic (exact) mass is 288 g/mol. The molecule has 0 aromatic carbocycles. The molecule has 112 valence electrons. The Balaban J connectivity index is 4.01. The molecule has 0 amide bonds. The maximum atomic E-state index is 11.1. The van der Waals surface area contributed by atoms with Crippen LogP contribution in [-0.2, 0) is 14.0 Å². The van der Waals surface area contributed by atoms with E-state index in [1.165, 1.54) is 7.11 Å². The molecule has 0 saturated heterocycles. The number of ether oxygens (including phenoxy) is 1. The van der Waals surface area contributed by atoms with Crippen molar-refractivity contribution in [2.24, 2.45) is 5.92 Å². The van der Waals surface area contributed by atoms with Crippen LogP contribution >= 0.6 is 0 Å². The Morgan fingerprint density at radius 2 is 1.89 bits per heavy atom. The quantitative estimate of drug-likeness (QED) is 0.323. The molecule has 1 N–H and O–H groups in total. The lowest BCUT2D eigenvalue weighted by molar-refractivity contribution is -0.152. The topological polar surface area (TPSA) is 55.8 Å². The molecular weight excluding hydrogens is 260 g/mol. The van der Waals surface area contributed by atoms with Crippen molar-refractivity contribution in [1.82, 2.24) is 0 Å². The van der Waals surface area contributed by atoms with Gasteiger partial charge in [0, 0.05) is 12.5 Å². The van der Waals surface area contributed by atoms with Gasteiger partial charge >= 0.3 is 5.97 Å². The molecule has 2 atom stereocenters. The highest BCUT2D eigenvalue weighted by Gasteiger charge is 2.26. The van der Waals surface area contributed by atoms with Gasteiger partial charge in [-0.3, -0.25) is 0 Å². The summed E-state index contributed by atoms with van der Waals surface area (Å²) in [6.45, 7) is 11.3. The second kappa shape index (κ2) is 8.50. The highest BCUT2D eigenvalue weighted by molar-refractivity contribution is 6.72. The molecule has 0 aliphatic heterocycles. The number of methoxy groups -OCH3 is 1. The third kappa shape index (κ3) is 6.89. The summed E-state index contributed by atoms with van der Waals surface area (Å²) in [5.74, 6) is -0.843. The lowest BCUT2D eigenvalue weighted by atomic mass is 10.0. The van der Waals surface area contributed by atoms with Crippen molar-refractivity contribution in [1.29, 1.82) is 0 Å². The molecule has 0 fully saturated rings. The van der Waals surface area contributed by atoms with E-state index in [0.717, 1.165) is 6.42 Å². The van der Waals surface area contributed by atoms with Crippen LogP contribution in [0.3, 0.4) is 0 Å². The van der Waals surface area contributed by atoms with Gasteiger partial charge in [-0.2, -0.15) is 0 Å². The van der Waals surface area contributed by atoms with Crippen LogP contribution in [0, 0.1) is 5.92 Å². The molecular formula is C14H28O4Si. The van der Waals surface area contributed by atoms with Gasteiger partial charge in [-0.15, -0.1) is 0 Å². The van der Waals surface area contributed by atoms with Crippen LogP contribution in [0.5, 0.6) is 0 Å². The minimum Gasteiger partial charge on any atom is -0.467 e. The average Bonchev–Trinajstić information content (AvgIpc) is 2.35. The summed E-state index contributed by atoms with van der Waals surface area (Å²) in [6, 6.07) is 0. The maximum Gasteiger partial charge on any atom is 0.335 e. The number of hydrogen-bond acceptors (Lipinski definition) is 4. The Bertz CT molecular complexity index is 300. The zero-order chi connectivity index (χ0) is 15.1. The minimum absolute atomic E-state index is 0.247. The second-order valence-corrected chi connectivity index (χ2v) is 10.3. The minimum atomic E-state index is -1.56. The van der Waals surface area contributed by atoms with E-state index in [1.807, 2.05) is 12.2 Å². The predicted octanol–water partition coefficient (Wildman–Crippen LogP) is 2.73. The van der Waals surface area contributed by atoms with Crippen LogP contribution in [0.25, 0.3) is 0 Å². The number of carbonyl (C=O) groups excluding carboxylic acids is 1. The first-order valence-electron chi connectivity index (χ1n) is 6.79. The molecule has 5 heteroatoms. The number of carbonyl (C=O) groups is 1. The summed E-state index contributed by atoms with van der Waals surface area (Å²) in [5, 5.41) is 9.59. The lowest BCUT2D eigenvalue weighted by Gasteiger charge is -2.26. The SMILES string of the molecule is COC(=O)[C@H](O)[C@H](C)/C=C/CCO[Si](C)(C)C(C)C. The largest absolute Gasteiger partial charge is 0.467 e. The fourth-order valence-corrected chi connectivity index (χ4v) is 2.29. The molecule has 0 aliphatic carbocycles. The van der Waals surface area contributed by atoms with Gasteiger partial charge in [0.05, 0.1) is 7.11 Å². The summed E-state index contributed by atoms with van der Waals surface area (Å²) in [6.07, 6.45) is 3.47. The van der Waals surface area contributed by atoms with Crippen molar-refractivity contribution >= 4 is 14.3 Å². The zero-order valence-electron chi connectivity index (χ0n) is 13.0. The van der Waals surface area contributed by atoms with Gasteiger partial charge in [0.1, 0.15) is 0 Å². The summed E-state index contributed by atoms with van der Waals surface area (Å²) in [7, 11) is -0.288. The van der Waals surface area contributed by atoms with Crippen LogP contribution in [0.4, 0.5) is 0 Å². The second-order valence-electron chi connectivity index (χ2n) is 5.65. The van der Waals surface area contributed by atoms with Crippen LogP contribution < -0.4 is 0 Å². The standard InChI is InChI=1S/C14H28O4Si/c1-11(2)19(5,6)18-10-8-7-9-12(3)13(15)14(16)17-4/h7,9,11-13,15H,8,10H2,1-6H3/b9-7+/t12-,13-/m1/s1. The van der Waals surface area contributed by atoms with Crippen LogP contribution in [0.15, 0.2) is 12.2 Å². The van der Waals surface area contributed by atoms with E-state index in [1.54, 1.807) is 6.92 Å². The van der Waals surface area contributed by atoms with Crippen molar-refractivity contribution in [2.45, 2.75) is 51.9 Å². The molecule has 19 heavy (non-hydrogen) atoms. The van der Waals surface area contributed by atoms with E-state index in [4.69, 9.17) is 4.43 Å².